The van der Waals surface area contributed by atoms with Crippen molar-refractivity contribution in [2.24, 2.45) is 11.8 Å². The fourth-order valence-electron chi connectivity index (χ4n) is 3.73. The van der Waals surface area contributed by atoms with Crippen molar-refractivity contribution < 1.29 is 4.79 Å². The van der Waals surface area contributed by atoms with Gasteiger partial charge < -0.3 is 4.90 Å². The average Bonchev–Trinajstić information content (AvgIpc) is 2.54. The summed E-state index contributed by atoms with van der Waals surface area (Å²) in [6, 6.07) is 0.674. The SMILES string of the molecule is CCC(C)N1CCN(CC(=O)N2CCC(C(C)C)CC2)CC1. The molecule has 0 saturated carbocycles. The maximum absolute atomic E-state index is 12.5. The largest absolute Gasteiger partial charge is 0.342 e. The number of amides is 1. The van der Waals surface area contributed by atoms with Crippen LogP contribution < -0.4 is 0 Å². The van der Waals surface area contributed by atoms with E-state index in [1.165, 1.54) is 19.3 Å². The van der Waals surface area contributed by atoms with Crippen molar-refractivity contribution in [2.45, 2.75) is 53.0 Å². The molecule has 0 spiro atoms. The van der Waals surface area contributed by atoms with E-state index in [4.69, 9.17) is 0 Å². The van der Waals surface area contributed by atoms with Crippen molar-refractivity contribution in [2.75, 3.05) is 45.8 Å². The van der Waals surface area contributed by atoms with Crippen LogP contribution in [0.25, 0.3) is 0 Å². The van der Waals surface area contributed by atoms with Crippen molar-refractivity contribution in [1.82, 2.24) is 14.7 Å². The zero-order valence-electron chi connectivity index (χ0n) is 15.1. The molecule has 2 aliphatic heterocycles. The van der Waals surface area contributed by atoms with E-state index < -0.39 is 0 Å². The van der Waals surface area contributed by atoms with Crippen molar-refractivity contribution in [3.05, 3.63) is 0 Å². The normalized spacial score (nSPS) is 24.0. The van der Waals surface area contributed by atoms with E-state index in [9.17, 15) is 4.79 Å². The molecular weight excluding hydrogens is 274 g/mol. The van der Waals surface area contributed by atoms with Crippen LogP contribution in [0, 0.1) is 11.8 Å². The number of rotatable bonds is 5. The van der Waals surface area contributed by atoms with E-state index in [2.05, 4.69) is 42.4 Å². The predicted octanol–water partition coefficient (Wildman–Crippen LogP) is 2.30. The zero-order chi connectivity index (χ0) is 16.1. The molecule has 0 aromatic carbocycles. The molecule has 1 unspecified atom stereocenters. The maximum Gasteiger partial charge on any atom is 0.236 e. The summed E-state index contributed by atoms with van der Waals surface area (Å²) in [5.41, 5.74) is 0. The lowest BCUT2D eigenvalue weighted by atomic mass is 9.87. The highest BCUT2D eigenvalue weighted by Crippen LogP contribution is 2.24. The van der Waals surface area contributed by atoms with Gasteiger partial charge in [0.2, 0.25) is 5.91 Å². The summed E-state index contributed by atoms with van der Waals surface area (Å²) in [4.78, 5) is 19.5. The third-order valence-electron chi connectivity index (χ3n) is 5.82. The van der Waals surface area contributed by atoms with Crippen LogP contribution in [0.4, 0.5) is 0 Å². The maximum atomic E-state index is 12.5. The molecule has 2 fully saturated rings. The van der Waals surface area contributed by atoms with Gasteiger partial charge in [0.25, 0.3) is 0 Å². The molecule has 2 rings (SSSR count). The van der Waals surface area contributed by atoms with Gasteiger partial charge in [-0.3, -0.25) is 14.6 Å². The molecule has 0 N–H and O–H groups in total. The van der Waals surface area contributed by atoms with Crippen LogP contribution in [0.15, 0.2) is 0 Å². The molecule has 2 heterocycles. The van der Waals surface area contributed by atoms with Gasteiger partial charge in [-0.1, -0.05) is 20.8 Å². The third kappa shape index (κ3) is 4.69. The molecule has 4 nitrogen and oxygen atoms in total. The Balaban J connectivity index is 1.70. The van der Waals surface area contributed by atoms with Crippen LogP contribution in [0.5, 0.6) is 0 Å². The van der Waals surface area contributed by atoms with Crippen molar-refractivity contribution in [3.63, 3.8) is 0 Å². The second-order valence-electron chi connectivity index (χ2n) is 7.53. The van der Waals surface area contributed by atoms with Gasteiger partial charge in [-0.05, 0) is 38.0 Å². The first-order valence-electron chi connectivity index (χ1n) is 9.25. The number of hydrogen-bond acceptors (Lipinski definition) is 3. The van der Waals surface area contributed by atoms with Crippen LogP contribution in [0.2, 0.25) is 0 Å². The Morgan fingerprint density at radius 2 is 1.59 bits per heavy atom. The highest BCUT2D eigenvalue weighted by Gasteiger charge is 2.27. The lowest BCUT2D eigenvalue weighted by molar-refractivity contribution is -0.134. The molecule has 0 bridgehead atoms. The van der Waals surface area contributed by atoms with Gasteiger partial charge >= 0.3 is 0 Å². The van der Waals surface area contributed by atoms with Crippen LogP contribution in [-0.2, 0) is 4.79 Å². The van der Waals surface area contributed by atoms with Crippen molar-refractivity contribution in [1.29, 1.82) is 0 Å². The molecule has 1 atom stereocenters. The summed E-state index contributed by atoms with van der Waals surface area (Å²) >= 11 is 0. The van der Waals surface area contributed by atoms with Gasteiger partial charge in [-0.2, -0.15) is 0 Å². The Bertz CT molecular complexity index is 342. The van der Waals surface area contributed by atoms with Gasteiger partial charge in [0.1, 0.15) is 0 Å². The molecule has 22 heavy (non-hydrogen) atoms. The number of hydrogen-bond donors (Lipinski definition) is 0. The van der Waals surface area contributed by atoms with Gasteiger partial charge in [0, 0.05) is 45.3 Å². The molecule has 0 aromatic rings. The third-order valence-corrected chi connectivity index (χ3v) is 5.82. The minimum absolute atomic E-state index is 0.346. The van der Waals surface area contributed by atoms with Crippen molar-refractivity contribution in [3.8, 4) is 0 Å². The molecule has 1 amide bonds. The Morgan fingerprint density at radius 3 is 2.09 bits per heavy atom. The number of likely N-dealkylation sites (tertiary alicyclic amines) is 1. The van der Waals surface area contributed by atoms with Gasteiger partial charge in [0.05, 0.1) is 6.54 Å². The quantitative estimate of drug-likeness (QED) is 0.780. The Morgan fingerprint density at radius 1 is 1.00 bits per heavy atom. The standard InChI is InChI=1S/C18H35N3O/c1-5-16(4)20-12-10-19(11-13-20)14-18(22)21-8-6-17(7-9-21)15(2)3/h15-17H,5-14H2,1-4H3. The number of carbonyl (C=O) groups excluding carboxylic acids is 1. The van der Waals surface area contributed by atoms with Crippen LogP contribution in [0.1, 0.15) is 47.0 Å². The van der Waals surface area contributed by atoms with Crippen LogP contribution in [0.3, 0.4) is 0 Å². The van der Waals surface area contributed by atoms with Crippen molar-refractivity contribution >= 4 is 5.91 Å². The summed E-state index contributed by atoms with van der Waals surface area (Å²) in [5.74, 6) is 1.91. The molecule has 0 aliphatic carbocycles. The number of carbonyl (C=O) groups is 1. The van der Waals surface area contributed by atoms with E-state index in [1.54, 1.807) is 0 Å². The molecular formula is C18H35N3O. The fourth-order valence-corrected chi connectivity index (χ4v) is 3.73. The first-order valence-corrected chi connectivity index (χ1v) is 9.25. The van der Waals surface area contributed by atoms with Crippen LogP contribution in [-0.4, -0.2) is 72.5 Å². The highest BCUT2D eigenvalue weighted by atomic mass is 16.2. The molecule has 128 valence electrons. The number of nitrogens with zero attached hydrogens (tertiary/aromatic N) is 3. The second-order valence-corrected chi connectivity index (χ2v) is 7.53. The van der Waals surface area contributed by atoms with E-state index >= 15 is 0 Å². The summed E-state index contributed by atoms with van der Waals surface area (Å²) < 4.78 is 0. The lowest BCUT2D eigenvalue weighted by Crippen LogP contribution is -2.52. The first-order chi connectivity index (χ1) is 10.5. The van der Waals surface area contributed by atoms with Gasteiger partial charge in [-0.25, -0.2) is 0 Å². The smallest absolute Gasteiger partial charge is 0.236 e. The van der Waals surface area contributed by atoms with E-state index in [-0.39, 0.29) is 0 Å². The summed E-state index contributed by atoms with van der Waals surface area (Å²) in [5, 5.41) is 0. The Kier molecular flexibility index (Phi) is 6.69. The zero-order valence-corrected chi connectivity index (χ0v) is 15.1. The minimum atomic E-state index is 0.346. The van der Waals surface area contributed by atoms with Gasteiger partial charge in [0.15, 0.2) is 0 Å². The van der Waals surface area contributed by atoms with E-state index in [0.717, 1.165) is 51.1 Å². The molecule has 2 saturated heterocycles. The lowest BCUT2D eigenvalue weighted by Gasteiger charge is -2.39. The van der Waals surface area contributed by atoms with E-state index in [0.29, 0.717) is 18.5 Å². The average molecular weight is 309 g/mol. The van der Waals surface area contributed by atoms with Gasteiger partial charge in [-0.15, -0.1) is 0 Å². The fraction of sp³-hybridized carbons (Fsp3) is 0.944. The summed E-state index contributed by atoms with van der Waals surface area (Å²) in [6.45, 7) is 16.0. The topological polar surface area (TPSA) is 26.8 Å². The molecule has 0 aromatic heterocycles. The predicted molar refractivity (Wildman–Crippen MR) is 91.9 cm³/mol. The molecule has 2 aliphatic rings. The highest BCUT2D eigenvalue weighted by molar-refractivity contribution is 5.78. The monoisotopic (exact) mass is 309 g/mol. The second kappa shape index (κ2) is 8.30. The number of piperidine rings is 1. The minimum Gasteiger partial charge on any atom is -0.342 e. The molecule has 4 heteroatoms. The summed E-state index contributed by atoms with van der Waals surface area (Å²) in [6.07, 6.45) is 3.58. The Hall–Kier alpha value is -0.610. The number of piperazine rings is 1. The Labute approximate surface area is 136 Å². The summed E-state index contributed by atoms with van der Waals surface area (Å²) in [7, 11) is 0. The molecule has 0 radical (unpaired) electrons. The first kappa shape index (κ1) is 17.7. The van der Waals surface area contributed by atoms with E-state index in [1.807, 2.05) is 0 Å². The van der Waals surface area contributed by atoms with Crippen LogP contribution >= 0.6 is 0 Å².